The van der Waals surface area contributed by atoms with Gasteiger partial charge in [0.15, 0.2) is 0 Å². The van der Waals surface area contributed by atoms with E-state index in [0.717, 1.165) is 21.2 Å². The van der Waals surface area contributed by atoms with Crippen molar-refractivity contribution in [1.29, 1.82) is 0 Å². The third-order valence-electron chi connectivity index (χ3n) is 9.52. The zero-order valence-electron chi connectivity index (χ0n) is 31.8. The van der Waals surface area contributed by atoms with E-state index in [9.17, 15) is 0 Å². The largest absolute Gasteiger partial charge is 1.00 e. The molecule has 1 aliphatic rings. The van der Waals surface area contributed by atoms with Crippen molar-refractivity contribution in [3.63, 3.8) is 0 Å². The number of benzene rings is 6. The molecule has 8 rings (SSSR count). The summed E-state index contributed by atoms with van der Waals surface area (Å²) in [7, 11) is 0. The normalized spacial score (nSPS) is 13.2. The number of fused-ring (bicyclic) bond motifs is 3. The van der Waals surface area contributed by atoms with E-state index >= 15 is 0 Å². The summed E-state index contributed by atoms with van der Waals surface area (Å²) in [6.07, 6.45) is 7.90. The quantitative estimate of drug-likeness (QED) is 0.152. The van der Waals surface area contributed by atoms with Gasteiger partial charge in [-0.3, -0.25) is 6.08 Å². The minimum Gasteiger partial charge on any atom is -1.00 e. The minimum absolute atomic E-state index is 0. The van der Waals surface area contributed by atoms with Crippen molar-refractivity contribution in [2.45, 2.75) is 34.6 Å². The summed E-state index contributed by atoms with van der Waals surface area (Å²) in [5.74, 6) is 1.22. The standard InChI is InChI=1S/C25H17.C13H8Cl2.C12H19.2ClH.Zr/c1-3-7-18(8-4-1)20-11-13-24-22(15-20)17-23-16-21(12-14-25(23)24)19-9-5-2-6-10-19;14-12-5-1-3-10(8-12)7-11-4-2-6-13(15)9-11;1-9(2)10-6-7-11(8-10)12(3,4)5;;;/h1-17H;1-6,8-9H;7-10H,1-5H3;2*1H;/q-1;;-1;;;+2/p-2. The van der Waals surface area contributed by atoms with Crippen molar-refractivity contribution in [2.75, 3.05) is 0 Å². The molecule has 0 N–H and O–H groups in total. The van der Waals surface area contributed by atoms with Gasteiger partial charge in [0.1, 0.15) is 0 Å². The number of hydrogen-bond donors (Lipinski definition) is 0. The van der Waals surface area contributed by atoms with Gasteiger partial charge in [-0.2, -0.15) is 11.6 Å². The average molecular weight is 878 g/mol. The molecule has 0 spiro atoms. The van der Waals surface area contributed by atoms with E-state index in [1.165, 1.54) is 76.8 Å². The van der Waals surface area contributed by atoms with Crippen molar-refractivity contribution < 1.29 is 49.0 Å². The Morgan fingerprint density at radius 3 is 1.42 bits per heavy atom. The second-order valence-electron chi connectivity index (χ2n) is 14.8. The van der Waals surface area contributed by atoms with Crippen LogP contribution in [0.2, 0.25) is 10.0 Å². The molecule has 7 aromatic rings. The van der Waals surface area contributed by atoms with E-state index in [2.05, 4.69) is 168 Å². The molecule has 5 heteroatoms. The Balaban J connectivity index is 0.000000195. The summed E-state index contributed by atoms with van der Waals surface area (Å²) in [5.41, 5.74) is 9.11. The minimum atomic E-state index is 0. The third kappa shape index (κ3) is 11.6. The van der Waals surface area contributed by atoms with Crippen molar-refractivity contribution in [3.05, 3.63) is 197 Å². The molecule has 0 saturated carbocycles. The average Bonchev–Trinajstić information content (AvgIpc) is 3.82. The monoisotopic (exact) mass is 874 g/mol. The van der Waals surface area contributed by atoms with Gasteiger partial charge in [-0.15, -0.1) is 39.7 Å². The smallest absolute Gasteiger partial charge is 0.0259 e. The molecule has 0 bridgehead atoms. The number of hydrogen-bond acceptors (Lipinski definition) is 0. The maximum Gasteiger partial charge on any atom is -0.0259 e. The van der Waals surface area contributed by atoms with Crippen molar-refractivity contribution in [2.24, 2.45) is 17.3 Å². The van der Waals surface area contributed by atoms with Crippen LogP contribution >= 0.6 is 23.2 Å². The molecule has 55 heavy (non-hydrogen) atoms. The summed E-state index contributed by atoms with van der Waals surface area (Å²) >= 11 is 13.3. The van der Waals surface area contributed by atoms with Crippen LogP contribution < -0.4 is 24.8 Å². The predicted octanol–water partition coefficient (Wildman–Crippen LogP) is 8.77. The van der Waals surface area contributed by atoms with E-state index < -0.39 is 0 Å². The van der Waals surface area contributed by atoms with Crippen molar-refractivity contribution >= 4 is 48.0 Å². The van der Waals surface area contributed by atoms with Crippen LogP contribution in [0.3, 0.4) is 0 Å². The topological polar surface area (TPSA) is 0 Å². The number of rotatable bonds is 5. The Morgan fingerprint density at radius 1 is 0.600 bits per heavy atom. The molecule has 1 unspecified atom stereocenters. The van der Waals surface area contributed by atoms with E-state index in [1.54, 1.807) is 0 Å². The summed E-state index contributed by atoms with van der Waals surface area (Å²) in [6, 6.07) is 52.8. The molecule has 1 aliphatic carbocycles. The second kappa shape index (κ2) is 20.1. The molecule has 0 heterocycles. The first-order valence-corrected chi connectivity index (χ1v) is 20.1. The van der Waals surface area contributed by atoms with Gasteiger partial charge in [0.2, 0.25) is 0 Å². The van der Waals surface area contributed by atoms with Crippen LogP contribution in [0.4, 0.5) is 0 Å². The summed E-state index contributed by atoms with van der Waals surface area (Å²) < 4.78 is 1.26. The SMILES string of the molecule is CC(C)C1[C-]=CC(C(C)(C)C)=C1.Clc1cccc([C](=[Zr+2])c2cccc(Cl)c2)c1.[Cl-].[Cl-].c1ccc(-c2ccc3c(c2)[cH-]c2cc(-c4ccccc4)ccc23)cc1. The summed E-state index contributed by atoms with van der Waals surface area (Å²) in [5, 5.41) is 6.80. The molecule has 0 radical (unpaired) electrons. The Kier molecular flexibility index (Phi) is 16.2. The predicted molar refractivity (Wildman–Crippen MR) is 228 cm³/mol. The first-order chi connectivity index (χ1) is 25.5. The molecule has 0 amide bonds. The fourth-order valence-corrected chi connectivity index (χ4v) is 7.57. The van der Waals surface area contributed by atoms with Crippen LogP contribution in [0, 0.1) is 23.3 Å². The molecular weight excluding hydrogens is 834 g/mol. The molecular formula is C50H44Cl4Zr-2. The fourth-order valence-electron chi connectivity index (χ4n) is 6.42. The molecule has 278 valence electrons. The van der Waals surface area contributed by atoms with Gasteiger partial charge in [0.05, 0.1) is 0 Å². The molecule has 0 nitrogen and oxygen atoms in total. The van der Waals surface area contributed by atoms with E-state index in [4.69, 9.17) is 23.2 Å². The van der Waals surface area contributed by atoms with Crippen LogP contribution in [0.5, 0.6) is 0 Å². The van der Waals surface area contributed by atoms with E-state index in [0.29, 0.717) is 11.8 Å². The summed E-state index contributed by atoms with van der Waals surface area (Å²) in [4.78, 5) is 0. The fraction of sp³-hybridized carbons (Fsp3) is 0.160. The number of halogens is 4. The molecule has 0 aliphatic heterocycles. The van der Waals surface area contributed by atoms with Crippen LogP contribution in [0.1, 0.15) is 45.7 Å². The van der Waals surface area contributed by atoms with E-state index in [1.807, 2.05) is 36.4 Å². The summed E-state index contributed by atoms with van der Waals surface area (Å²) in [6.45, 7) is 11.2. The Bertz CT molecular complexity index is 2260. The van der Waals surface area contributed by atoms with Crippen LogP contribution in [0.25, 0.3) is 43.8 Å². The molecule has 1 atom stereocenters. The molecule has 0 fully saturated rings. The second-order valence-corrected chi connectivity index (χ2v) is 16.9. The van der Waals surface area contributed by atoms with Crippen molar-refractivity contribution in [1.82, 2.24) is 0 Å². The molecule has 7 aromatic carbocycles. The number of allylic oxidation sites excluding steroid dienone is 4. The van der Waals surface area contributed by atoms with Gasteiger partial charge in [-0.1, -0.05) is 148 Å². The van der Waals surface area contributed by atoms with Crippen LogP contribution in [-0.2, 0) is 24.2 Å². The van der Waals surface area contributed by atoms with E-state index in [-0.39, 0.29) is 30.2 Å². The Labute approximate surface area is 364 Å². The maximum absolute atomic E-state index is 5.98. The van der Waals surface area contributed by atoms with Gasteiger partial charge in [-0.25, -0.2) is 6.08 Å². The van der Waals surface area contributed by atoms with Gasteiger partial charge >= 0.3 is 120 Å². The molecule has 0 aromatic heterocycles. The van der Waals surface area contributed by atoms with Crippen LogP contribution in [-0.4, -0.2) is 3.21 Å². The van der Waals surface area contributed by atoms with Gasteiger partial charge in [-0.05, 0) is 11.1 Å². The van der Waals surface area contributed by atoms with Gasteiger partial charge in [0.25, 0.3) is 0 Å². The zero-order valence-corrected chi connectivity index (χ0v) is 37.2. The zero-order chi connectivity index (χ0) is 37.5. The maximum atomic E-state index is 5.98. The van der Waals surface area contributed by atoms with Gasteiger partial charge in [0, 0.05) is 0 Å². The van der Waals surface area contributed by atoms with Crippen LogP contribution in [0.15, 0.2) is 169 Å². The Morgan fingerprint density at radius 2 is 1.05 bits per heavy atom. The third-order valence-corrected chi connectivity index (χ3v) is 11.4. The Hall–Kier alpha value is -3.42. The first kappa shape index (κ1) is 44.3. The van der Waals surface area contributed by atoms with Crippen molar-refractivity contribution in [3.8, 4) is 22.3 Å². The molecule has 0 saturated heterocycles. The first-order valence-electron chi connectivity index (χ1n) is 18.1. The van der Waals surface area contributed by atoms with Gasteiger partial charge < -0.3 is 24.8 Å².